The Balaban J connectivity index is 2.54. The van der Waals surface area contributed by atoms with Gasteiger partial charge in [0.15, 0.2) is 0 Å². The number of pyridine rings is 1. The average molecular weight is 254 g/mol. The molecule has 17 heavy (non-hydrogen) atoms. The largest absolute Gasteiger partial charge is 0.312 e. The van der Waals surface area contributed by atoms with Crippen LogP contribution in [0.1, 0.15) is 47.8 Å². The van der Waals surface area contributed by atoms with Crippen LogP contribution >= 0.6 is 11.6 Å². The predicted molar refractivity (Wildman–Crippen MR) is 67.8 cm³/mol. The lowest BCUT2D eigenvalue weighted by atomic mass is 10.1. The number of nitrogens with zero attached hydrogens (tertiary/aromatic N) is 1. The maximum atomic E-state index is 12.1. The van der Waals surface area contributed by atoms with Gasteiger partial charge in [-0.25, -0.2) is 0 Å². The molecule has 1 aromatic rings. The molecule has 1 aliphatic carbocycles. The number of carbonyl (C=O) groups is 1. The maximum Gasteiger partial charge on any atom is 0.262 e. The van der Waals surface area contributed by atoms with Gasteiger partial charge >= 0.3 is 0 Å². The summed E-state index contributed by atoms with van der Waals surface area (Å²) < 4.78 is 1.75. The van der Waals surface area contributed by atoms with Gasteiger partial charge < -0.3 is 4.57 Å². The van der Waals surface area contributed by atoms with E-state index in [1.165, 1.54) is 0 Å². The molecular formula is C13H16ClNO2. The Morgan fingerprint density at radius 2 is 2.24 bits per heavy atom. The first-order valence-corrected chi connectivity index (χ1v) is 6.48. The lowest BCUT2D eigenvalue weighted by molar-refractivity contribution is 0.107. The molecule has 0 bridgehead atoms. The number of aromatic nitrogens is 1. The van der Waals surface area contributed by atoms with E-state index in [0.717, 1.165) is 43.4 Å². The summed E-state index contributed by atoms with van der Waals surface area (Å²) >= 11 is 5.46. The molecule has 4 heteroatoms. The Labute approximate surface area is 105 Å². The van der Waals surface area contributed by atoms with Gasteiger partial charge in [-0.3, -0.25) is 9.59 Å². The van der Waals surface area contributed by atoms with E-state index in [9.17, 15) is 9.59 Å². The van der Waals surface area contributed by atoms with Crippen molar-refractivity contribution in [3.63, 3.8) is 0 Å². The van der Waals surface area contributed by atoms with Gasteiger partial charge in [0.1, 0.15) is 0 Å². The van der Waals surface area contributed by atoms with E-state index in [4.69, 9.17) is 11.6 Å². The number of carbonyl (C=O) groups excluding carboxylic acids is 1. The molecule has 0 fully saturated rings. The third-order valence-corrected chi connectivity index (χ3v) is 3.50. The van der Waals surface area contributed by atoms with Crippen LogP contribution in [0, 0.1) is 0 Å². The molecule has 3 nitrogen and oxygen atoms in total. The van der Waals surface area contributed by atoms with Gasteiger partial charge in [-0.05, 0) is 48.9 Å². The van der Waals surface area contributed by atoms with Crippen molar-refractivity contribution in [2.24, 2.45) is 0 Å². The number of rotatable bonds is 4. The molecule has 1 aromatic heterocycles. The molecule has 92 valence electrons. The van der Waals surface area contributed by atoms with Crippen molar-refractivity contribution < 1.29 is 4.79 Å². The fourth-order valence-electron chi connectivity index (χ4n) is 2.41. The van der Waals surface area contributed by atoms with Crippen LogP contribution < -0.4 is 5.56 Å². The number of unbranched alkanes of at least 4 members (excludes halogenated alkanes) is 1. The molecule has 1 aliphatic rings. The summed E-state index contributed by atoms with van der Waals surface area (Å²) in [4.78, 5) is 23.4. The zero-order valence-corrected chi connectivity index (χ0v) is 10.7. The molecule has 0 unspecified atom stereocenters. The SMILES string of the molecule is CCCCn1c2c(cc(C(=O)Cl)c1=O)CCC2. The lowest BCUT2D eigenvalue weighted by Crippen LogP contribution is -2.28. The monoisotopic (exact) mass is 253 g/mol. The molecule has 0 aromatic carbocycles. The van der Waals surface area contributed by atoms with Crippen molar-refractivity contribution in [3.8, 4) is 0 Å². The van der Waals surface area contributed by atoms with Gasteiger partial charge in [0.05, 0.1) is 5.56 Å². The van der Waals surface area contributed by atoms with Crippen molar-refractivity contribution in [1.82, 2.24) is 4.57 Å². The summed E-state index contributed by atoms with van der Waals surface area (Å²) in [6.07, 6.45) is 4.91. The molecule has 0 saturated heterocycles. The Hall–Kier alpha value is -1.09. The molecule has 0 spiro atoms. The third-order valence-electron chi connectivity index (χ3n) is 3.30. The highest BCUT2D eigenvalue weighted by Crippen LogP contribution is 2.22. The highest BCUT2D eigenvalue weighted by molar-refractivity contribution is 6.67. The first kappa shape index (κ1) is 12.4. The first-order valence-electron chi connectivity index (χ1n) is 6.10. The normalized spacial score (nSPS) is 13.8. The van der Waals surface area contributed by atoms with Crippen LogP contribution in [0.3, 0.4) is 0 Å². The number of halogens is 1. The van der Waals surface area contributed by atoms with Gasteiger partial charge in [-0.2, -0.15) is 0 Å². The van der Waals surface area contributed by atoms with E-state index in [1.807, 2.05) is 0 Å². The quantitative estimate of drug-likeness (QED) is 0.774. The molecule has 0 radical (unpaired) electrons. The molecular weight excluding hydrogens is 238 g/mol. The molecule has 0 aliphatic heterocycles. The van der Waals surface area contributed by atoms with E-state index >= 15 is 0 Å². The van der Waals surface area contributed by atoms with Crippen LogP contribution in [0.5, 0.6) is 0 Å². The summed E-state index contributed by atoms with van der Waals surface area (Å²) in [7, 11) is 0. The van der Waals surface area contributed by atoms with E-state index in [2.05, 4.69) is 6.92 Å². The van der Waals surface area contributed by atoms with Crippen molar-refractivity contribution in [1.29, 1.82) is 0 Å². The first-order chi connectivity index (χ1) is 8.15. The van der Waals surface area contributed by atoms with Crippen LogP contribution in [-0.2, 0) is 19.4 Å². The molecule has 0 saturated carbocycles. The zero-order chi connectivity index (χ0) is 12.4. The standard InChI is InChI=1S/C13H16ClNO2/c1-2-3-7-15-11-6-4-5-9(11)8-10(12(14)16)13(15)17/h8H,2-7H2,1H3. The highest BCUT2D eigenvalue weighted by Gasteiger charge is 2.20. The smallest absolute Gasteiger partial charge is 0.262 e. The Kier molecular flexibility index (Phi) is 3.67. The van der Waals surface area contributed by atoms with Crippen LogP contribution in [0.2, 0.25) is 0 Å². The van der Waals surface area contributed by atoms with Crippen LogP contribution in [0.15, 0.2) is 10.9 Å². The van der Waals surface area contributed by atoms with Gasteiger partial charge in [0, 0.05) is 12.2 Å². The minimum absolute atomic E-state index is 0.128. The van der Waals surface area contributed by atoms with Crippen molar-refractivity contribution in [2.75, 3.05) is 0 Å². The van der Waals surface area contributed by atoms with E-state index in [0.29, 0.717) is 6.54 Å². The lowest BCUT2D eigenvalue weighted by Gasteiger charge is -2.12. The second-order valence-electron chi connectivity index (χ2n) is 4.47. The second-order valence-corrected chi connectivity index (χ2v) is 4.81. The average Bonchev–Trinajstić information content (AvgIpc) is 2.74. The van der Waals surface area contributed by atoms with Crippen LogP contribution in [0.4, 0.5) is 0 Å². The third kappa shape index (κ3) is 2.29. The molecule has 0 atom stereocenters. The number of aryl methyl sites for hydroxylation is 1. The Morgan fingerprint density at radius 1 is 1.47 bits per heavy atom. The van der Waals surface area contributed by atoms with E-state index < -0.39 is 5.24 Å². The van der Waals surface area contributed by atoms with Crippen molar-refractivity contribution >= 4 is 16.8 Å². The van der Waals surface area contributed by atoms with Gasteiger partial charge in [0.25, 0.3) is 10.8 Å². The van der Waals surface area contributed by atoms with Crippen molar-refractivity contribution in [2.45, 2.75) is 45.6 Å². The molecule has 0 amide bonds. The highest BCUT2D eigenvalue weighted by atomic mass is 35.5. The zero-order valence-electron chi connectivity index (χ0n) is 9.96. The van der Waals surface area contributed by atoms with E-state index in [-0.39, 0.29) is 11.1 Å². The second kappa shape index (κ2) is 5.05. The van der Waals surface area contributed by atoms with E-state index in [1.54, 1.807) is 10.6 Å². The summed E-state index contributed by atoms with van der Waals surface area (Å²) in [5.41, 5.74) is 2.12. The summed E-state index contributed by atoms with van der Waals surface area (Å²) in [6, 6.07) is 1.68. The minimum atomic E-state index is -0.644. The summed E-state index contributed by atoms with van der Waals surface area (Å²) in [6.45, 7) is 2.78. The van der Waals surface area contributed by atoms with Crippen LogP contribution in [-0.4, -0.2) is 9.81 Å². The fraction of sp³-hybridized carbons (Fsp3) is 0.538. The number of hydrogen-bond acceptors (Lipinski definition) is 2. The summed E-state index contributed by atoms with van der Waals surface area (Å²) in [5.74, 6) is 0. The predicted octanol–water partition coefficient (Wildman–Crippen LogP) is 2.52. The van der Waals surface area contributed by atoms with Crippen LogP contribution in [0.25, 0.3) is 0 Å². The van der Waals surface area contributed by atoms with Gasteiger partial charge in [-0.15, -0.1) is 0 Å². The minimum Gasteiger partial charge on any atom is -0.312 e. The van der Waals surface area contributed by atoms with Gasteiger partial charge in [0.2, 0.25) is 0 Å². The van der Waals surface area contributed by atoms with Crippen molar-refractivity contribution in [3.05, 3.63) is 33.2 Å². The number of hydrogen-bond donors (Lipinski definition) is 0. The molecule has 2 rings (SSSR count). The topological polar surface area (TPSA) is 39.1 Å². The molecule has 1 heterocycles. The fourth-order valence-corrected chi connectivity index (χ4v) is 2.55. The number of fused-ring (bicyclic) bond motifs is 1. The summed E-state index contributed by atoms with van der Waals surface area (Å²) in [5, 5.41) is -0.644. The molecule has 0 N–H and O–H groups in total. The Bertz CT molecular complexity index is 505. The van der Waals surface area contributed by atoms with Gasteiger partial charge in [-0.1, -0.05) is 13.3 Å². The maximum absolute atomic E-state index is 12.1. The Morgan fingerprint density at radius 3 is 2.88 bits per heavy atom.